The molecule has 3 aromatic rings. The van der Waals surface area contributed by atoms with E-state index in [1.54, 1.807) is 31.2 Å². The number of carbonyl (C=O) groups is 1. The molecule has 1 amide bonds. The van der Waals surface area contributed by atoms with Crippen LogP contribution in [0.2, 0.25) is 0 Å². The normalized spacial score (nSPS) is 10.6. The molecule has 3 rings (SSSR count). The first-order valence-electron chi connectivity index (χ1n) is 6.92. The quantitative estimate of drug-likeness (QED) is 0.770. The van der Waals surface area contributed by atoms with E-state index < -0.39 is 5.91 Å². The van der Waals surface area contributed by atoms with Gasteiger partial charge in [-0.1, -0.05) is 0 Å². The van der Waals surface area contributed by atoms with Crippen molar-refractivity contribution in [3.8, 4) is 11.3 Å². The zero-order valence-corrected chi connectivity index (χ0v) is 12.2. The minimum absolute atomic E-state index is 0.256. The summed E-state index contributed by atoms with van der Waals surface area (Å²) in [5, 5.41) is 9.34. The standard InChI is InChI=1S/C17H13F2N3O/c1-10-8-13(6-7-14(10)19)20-17(23)16-9-15(21-22-16)11-2-4-12(18)5-3-11/h2-9H,1H3,(H,20,23)(H,21,22). The van der Waals surface area contributed by atoms with Crippen LogP contribution in [0, 0.1) is 18.6 Å². The van der Waals surface area contributed by atoms with Gasteiger partial charge in [-0.3, -0.25) is 9.89 Å². The Morgan fingerprint density at radius 2 is 1.83 bits per heavy atom. The molecule has 0 unspecified atom stereocenters. The Balaban J connectivity index is 1.78. The minimum Gasteiger partial charge on any atom is -0.321 e. The number of hydrogen-bond donors (Lipinski definition) is 2. The van der Waals surface area contributed by atoms with Crippen molar-refractivity contribution in [2.24, 2.45) is 0 Å². The molecule has 0 bridgehead atoms. The zero-order valence-electron chi connectivity index (χ0n) is 12.2. The third kappa shape index (κ3) is 3.26. The molecule has 1 heterocycles. The summed E-state index contributed by atoms with van der Waals surface area (Å²) in [6, 6.07) is 11.7. The van der Waals surface area contributed by atoms with E-state index in [0.29, 0.717) is 22.5 Å². The van der Waals surface area contributed by atoms with Crippen LogP contribution >= 0.6 is 0 Å². The van der Waals surface area contributed by atoms with Crippen LogP contribution in [0.15, 0.2) is 48.5 Å². The lowest BCUT2D eigenvalue weighted by Crippen LogP contribution is -2.12. The van der Waals surface area contributed by atoms with Crippen LogP contribution < -0.4 is 5.32 Å². The van der Waals surface area contributed by atoms with Crippen LogP contribution in [-0.2, 0) is 0 Å². The fraction of sp³-hybridized carbons (Fsp3) is 0.0588. The number of rotatable bonds is 3. The molecular formula is C17H13F2N3O. The molecule has 1 aromatic heterocycles. The lowest BCUT2D eigenvalue weighted by molar-refractivity contribution is 0.102. The number of nitrogens with one attached hydrogen (secondary N) is 2. The number of carbonyl (C=O) groups excluding carboxylic acids is 1. The van der Waals surface area contributed by atoms with Gasteiger partial charge >= 0.3 is 0 Å². The Morgan fingerprint density at radius 1 is 1.09 bits per heavy atom. The summed E-state index contributed by atoms with van der Waals surface area (Å²) in [6.45, 7) is 1.62. The first-order chi connectivity index (χ1) is 11.0. The third-order valence-corrected chi connectivity index (χ3v) is 3.38. The van der Waals surface area contributed by atoms with Crippen molar-refractivity contribution in [3.63, 3.8) is 0 Å². The molecule has 0 saturated heterocycles. The van der Waals surface area contributed by atoms with Crippen molar-refractivity contribution in [3.05, 3.63) is 71.4 Å². The van der Waals surface area contributed by atoms with Crippen LogP contribution in [0.25, 0.3) is 11.3 Å². The number of halogens is 2. The molecule has 0 radical (unpaired) electrons. The molecule has 0 aliphatic carbocycles. The van der Waals surface area contributed by atoms with Gasteiger partial charge in [0.15, 0.2) is 0 Å². The number of nitrogens with zero attached hydrogens (tertiary/aromatic N) is 1. The van der Waals surface area contributed by atoms with Crippen molar-refractivity contribution in [1.29, 1.82) is 0 Å². The Hall–Kier alpha value is -3.02. The highest BCUT2D eigenvalue weighted by Gasteiger charge is 2.12. The maximum Gasteiger partial charge on any atom is 0.273 e. The van der Waals surface area contributed by atoms with Gasteiger partial charge in [0, 0.05) is 11.3 Å². The zero-order chi connectivity index (χ0) is 16.4. The van der Waals surface area contributed by atoms with Crippen LogP contribution in [0.3, 0.4) is 0 Å². The Labute approximate surface area is 131 Å². The molecule has 116 valence electrons. The second-order valence-corrected chi connectivity index (χ2v) is 5.09. The molecule has 6 heteroatoms. The van der Waals surface area contributed by atoms with Crippen LogP contribution in [-0.4, -0.2) is 16.1 Å². The molecule has 0 fully saturated rings. The predicted molar refractivity (Wildman–Crippen MR) is 83.1 cm³/mol. The summed E-state index contributed by atoms with van der Waals surface area (Å²) >= 11 is 0. The molecule has 0 aliphatic heterocycles. The summed E-state index contributed by atoms with van der Waals surface area (Å²) in [5.74, 6) is -1.06. The molecule has 0 spiro atoms. The first-order valence-corrected chi connectivity index (χ1v) is 6.92. The second-order valence-electron chi connectivity index (χ2n) is 5.09. The third-order valence-electron chi connectivity index (χ3n) is 3.38. The SMILES string of the molecule is Cc1cc(NC(=O)c2cc(-c3ccc(F)cc3)n[nH]2)ccc1F. The van der Waals surface area contributed by atoms with E-state index in [9.17, 15) is 13.6 Å². The van der Waals surface area contributed by atoms with Crippen molar-refractivity contribution >= 4 is 11.6 Å². The van der Waals surface area contributed by atoms with Crippen LogP contribution in [0.4, 0.5) is 14.5 Å². The maximum atomic E-state index is 13.2. The van der Waals surface area contributed by atoms with Gasteiger partial charge in [0.1, 0.15) is 17.3 Å². The summed E-state index contributed by atoms with van der Waals surface area (Å²) < 4.78 is 26.1. The van der Waals surface area contributed by atoms with E-state index in [4.69, 9.17) is 0 Å². The first kappa shape index (κ1) is 14.9. The van der Waals surface area contributed by atoms with Gasteiger partial charge in [-0.2, -0.15) is 5.10 Å². The average molecular weight is 313 g/mol. The van der Waals surface area contributed by atoms with Gasteiger partial charge in [0.25, 0.3) is 5.91 Å². The van der Waals surface area contributed by atoms with Gasteiger partial charge in [-0.05, 0) is 61.0 Å². The maximum absolute atomic E-state index is 13.2. The summed E-state index contributed by atoms with van der Waals surface area (Å²) in [4.78, 5) is 12.2. The molecule has 4 nitrogen and oxygen atoms in total. The van der Waals surface area contributed by atoms with Crippen molar-refractivity contribution in [1.82, 2.24) is 10.2 Å². The molecule has 23 heavy (non-hydrogen) atoms. The minimum atomic E-state index is -0.392. The van der Waals surface area contributed by atoms with Crippen molar-refractivity contribution in [2.75, 3.05) is 5.32 Å². The van der Waals surface area contributed by atoms with Gasteiger partial charge < -0.3 is 5.32 Å². The number of anilines is 1. The van der Waals surface area contributed by atoms with Gasteiger partial charge in [-0.15, -0.1) is 0 Å². The Bertz CT molecular complexity index is 857. The molecule has 0 aliphatic rings. The van der Waals surface area contributed by atoms with Gasteiger partial charge in [0.05, 0.1) is 5.69 Å². The lowest BCUT2D eigenvalue weighted by atomic mass is 10.1. The van der Waals surface area contributed by atoms with E-state index in [1.165, 1.54) is 24.3 Å². The van der Waals surface area contributed by atoms with Crippen LogP contribution in [0.5, 0.6) is 0 Å². The molecular weight excluding hydrogens is 300 g/mol. The average Bonchev–Trinajstić information content (AvgIpc) is 3.02. The summed E-state index contributed by atoms with van der Waals surface area (Å²) in [7, 11) is 0. The summed E-state index contributed by atoms with van der Waals surface area (Å²) in [6.07, 6.45) is 0. The number of benzene rings is 2. The van der Waals surface area contributed by atoms with E-state index in [0.717, 1.165) is 0 Å². The van der Waals surface area contributed by atoms with E-state index in [2.05, 4.69) is 15.5 Å². The lowest BCUT2D eigenvalue weighted by Gasteiger charge is -2.04. The Kier molecular flexibility index (Phi) is 3.89. The number of amides is 1. The number of aryl methyl sites for hydroxylation is 1. The second kappa shape index (κ2) is 6.00. The van der Waals surface area contributed by atoms with Gasteiger partial charge in [-0.25, -0.2) is 8.78 Å². The summed E-state index contributed by atoms with van der Waals surface area (Å²) in [5.41, 5.74) is 2.42. The fourth-order valence-electron chi connectivity index (χ4n) is 2.13. The van der Waals surface area contributed by atoms with Gasteiger partial charge in [0.2, 0.25) is 0 Å². The molecule has 0 saturated carbocycles. The smallest absolute Gasteiger partial charge is 0.273 e. The molecule has 0 atom stereocenters. The molecule has 2 aromatic carbocycles. The topological polar surface area (TPSA) is 57.8 Å². The largest absolute Gasteiger partial charge is 0.321 e. The Morgan fingerprint density at radius 3 is 2.52 bits per heavy atom. The van der Waals surface area contributed by atoms with Crippen LogP contribution in [0.1, 0.15) is 16.1 Å². The number of aromatic nitrogens is 2. The highest BCUT2D eigenvalue weighted by molar-refractivity contribution is 6.03. The highest BCUT2D eigenvalue weighted by atomic mass is 19.1. The fourth-order valence-corrected chi connectivity index (χ4v) is 2.13. The molecule has 2 N–H and O–H groups in total. The van der Waals surface area contributed by atoms with E-state index >= 15 is 0 Å². The number of H-pyrrole nitrogens is 1. The number of hydrogen-bond acceptors (Lipinski definition) is 2. The number of aromatic amines is 1. The van der Waals surface area contributed by atoms with E-state index in [-0.39, 0.29) is 17.3 Å². The monoisotopic (exact) mass is 313 g/mol. The van der Waals surface area contributed by atoms with Crippen molar-refractivity contribution < 1.29 is 13.6 Å². The predicted octanol–water partition coefficient (Wildman–Crippen LogP) is 3.92. The van der Waals surface area contributed by atoms with E-state index in [1.807, 2.05) is 0 Å². The van der Waals surface area contributed by atoms with Crippen molar-refractivity contribution in [2.45, 2.75) is 6.92 Å². The highest BCUT2D eigenvalue weighted by Crippen LogP contribution is 2.19.